The number of nitrogens with two attached hydrogens (primary N) is 1. The lowest BCUT2D eigenvalue weighted by Gasteiger charge is -2.04. The number of hydrogen-bond donors (Lipinski definition) is 1. The Morgan fingerprint density at radius 1 is 1.53 bits per heavy atom. The normalized spacial score (nSPS) is 10.5. The highest BCUT2D eigenvalue weighted by Crippen LogP contribution is 2.14. The van der Waals surface area contributed by atoms with E-state index >= 15 is 0 Å². The average Bonchev–Trinajstić information content (AvgIpc) is 2.50. The van der Waals surface area contributed by atoms with Crippen LogP contribution in [0.15, 0.2) is 24.5 Å². The van der Waals surface area contributed by atoms with Crippen molar-refractivity contribution in [3.63, 3.8) is 0 Å². The summed E-state index contributed by atoms with van der Waals surface area (Å²) in [5, 5.41) is 4.81. The predicted molar refractivity (Wildman–Crippen MR) is 59.7 cm³/mol. The van der Waals surface area contributed by atoms with Gasteiger partial charge in [-0.2, -0.15) is 5.10 Å². The first-order valence-electron chi connectivity index (χ1n) is 4.55. The van der Waals surface area contributed by atoms with Crippen molar-refractivity contribution < 1.29 is 0 Å². The first-order valence-corrected chi connectivity index (χ1v) is 4.93. The van der Waals surface area contributed by atoms with Crippen LogP contribution in [0.1, 0.15) is 11.4 Å². The van der Waals surface area contributed by atoms with Crippen LogP contribution in [-0.4, -0.2) is 14.8 Å². The van der Waals surface area contributed by atoms with Crippen LogP contribution in [0.25, 0.3) is 0 Å². The van der Waals surface area contributed by atoms with Crippen molar-refractivity contribution in [2.24, 2.45) is 0 Å². The maximum absolute atomic E-state index is 5.90. The molecule has 2 aromatic rings. The average molecular weight is 223 g/mol. The number of halogens is 1. The molecule has 2 aromatic heterocycles. The van der Waals surface area contributed by atoms with E-state index in [4.69, 9.17) is 17.3 Å². The summed E-state index contributed by atoms with van der Waals surface area (Å²) in [6.07, 6.45) is 3.31. The zero-order valence-electron chi connectivity index (χ0n) is 8.31. The van der Waals surface area contributed by atoms with Gasteiger partial charge in [-0.3, -0.25) is 9.67 Å². The van der Waals surface area contributed by atoms with Crippen LogP contribution in [0.2, 0.25) is 5.02 Å². The van der Waals surface area contributed by atoms with E-state index in [0.717, 1.165) is 11.4 Å². The second-order valence-corrected chi connectivity index (χ2v) is 3.72. The molecule has 78 valence electrons. The van der Waals surface area contributed by atoms with Crippen molar-refractivity contribution in [1.29, 1.82) is 0 Å². The zero-order valence-corrected chi connectivity index (χ0v) is 9.07. The minimum atomic E-state index is 0.587. The van der Waals surface area contributed by atoms with E-state index in [2.05, 4.69) is 10.1 Å². The van der Waals surface area contributed by atoms with Gasteiger partial charge in [0.25, 0.3) is 0 Å². The fraction of sp³-hybridized carbons (Fsp3) is 0.200. The quantitative estimate of drug-likeness (QED) is 0.844. The van der Waals surface area contributed by atoms with Gasteiger partial charge in [0.05, 0.1) is 29.2 Å². The van der Waals surface area contributed by atoms with Crippen LogP contribution in [0.5, 0.6) is 0 Å². The summed E-state index contributed by atoms with van der Waals surface area (Å²) >= 11 is 5.90. The number of pyridine rings is 1. The van der Waals surface area contributed by atoms with E-state index in [1.807, 2.05) is 13.0 Å². The largest absolute Gasteiger partial charge is 0.399 e. The molecule has 2 N–H and O–H groups in total. The molecule has 0 aliphatic carbocycles. The summed E-state index contributed by atoms with van der Waals surface area (Å²) in [5.41, 5.74) is 8.17. The molecule has 5 heteroatoms. The third-order valence-electron chi connectivity index (χ3n) is 2.20. The summed E-state index contributed by atoms with van der Waals surface area (Å²) in [5.74, 6) is 0. The fourth-order valence-corrected chi connectivity index (χ4v) is 1.46. The summed E-state index contributed by atoms with van der Waals surface area (Å²) in [6, 6.07) is 3.58. The molecule has 0 unspecified atom stereocenters. The second-order valence-electron chi connectivity index (χ2n) is 3.32. The molecule has 0 bridgehead atoms. The maximum atomic E-state index is 5.90. The molecule has 0 spiro atoms. The number of rotatable bonds is 2. The summed E-state index contributed by atoms with van der Waals surface area (Å²) in [7, 11) is 0. The molecule has 4 nitrogen and oxygen atoms in total. The molecule has 15 heavy (non-hydrogen) atoms. The van der Waals surface area contributed by atoms with Crippen molar-refractivity contribution in [3.05, 3.63) is 40.9 Å². The van der Waals surface area contributed by atoms with Crippen molar-refractivity contribution in [1.82, 2.24) is 14.8 Å². The van der Waals surface area contributed by atoms with Crippen molar-refractivity contribution >= 4 is 17.3 Å². The molecule has 0 saturated heterocycles. The topological polar surface area (TPSA) is 56.7 Å². The van der Waals surface area contributed by atoms with Gasteiger partial charge < -0.3 is 5.73 Å². The van der Waals surface area contributed by atoms with Crippen molar-refractivity contribution in [3.8, 4) is 0 Å². The van der Waals surface area contributed by atoms with E-state index in [1.54, 1.807) is 23.1 Å². The Balaban J connectivity index is 2.26. The number of aromatic nitrogens is 3. The van der Waals surface area contributed by atoms with Gasteiger partial charge in [-0.15, -0.1) is 0 Å². The van der Waals surface area contributed by atoms with Gasteiger partial charge in [0, 0.05) is 11.9 Å². The van der Waals surface area contributed by atoms with Crippen LogP contribution >= 0.6 is 11.6 Å². The highest BCUT2D eigenvalue weighted by atomic mass is 35.5. The highest BCUT2D eigenvalue weighted by Gasteiger charge is 2.05. The van der Waals surface area contributed by atoms with Gasteiger partial charge in [-0.05, 0) is 19.1 Å². The molecule has 0 fully saturated rings. The highest BCUT2D eigenvalue weighted by molar-refractivity contribution is 6.31. The van der Waals surface area contributed by atoms with Gasteiger partial charge in [0.15, 0.2) is 0 Å². The Kier molecular flexibility index (Phi) is 2.60. The van der Waals surface area contributed by atoms with Crippen LogP contribution in [0.4, 0.5) is 5.69 Å². The van der Waals surface area contributed by atoms with Gasteiger partial charge in [0.1, 0.15) is 0 Å². The lowest BCUT2D eigenvalue weighted by Crippen LogP contribution is -2.05. The Morgan fingerprint density at radius 3 is 2.93 bits per heavy atom. The van der Waals surface area contributed by atoms with E-state index in [9.17, 15) is 0 Å². The lowest BCUT2D eigenvalue weighted by atomic mass is 10.3. The van der Waals surface area contributed by atoms with Gasteiger partial charge in [-0.1, -0.05) is 11.6 Å². The number of nitrogens with zero attached hydrogens (tertiary/aromatic N) is 3. The number of anilines is 1. The number of hydrogen-bond acceptors (Lipinski definition) is 3. The molecule has 0 atom stereocenters. The molecule has 0 radical (unpaired) electrons. The predicted octanol–water partition coefficient (Wildman–Crippen LogP) is 1.87. The zero-order chi connectivity index (χ0) is 10.8. The molecule has 0 aliphatic rings. The van der Waals surface area contributed by atoms with E-state index in [0.29, 0.717) is 17.3 Å². The first kappa shape index (κ1) is 9.98. The number of nitrogen functional groups attached to an aromatic ring is 1. The van der Waals surface area contributed by atoms with E-state index in [-0.39, 0.29) is 0 Å². The maximum Gasteiger partial charge on any atom is 0.0835 e. The minimum Gasteiger partial charge on any atom is -0.399 e. The summed E-state index contributed by atoms with van der Waals surface area (Å²) in [6.45, 7) is 2.51. The summed E-state index contributed by atoms with van der Waals surface area (Å²) in [4.78, 5) is 4.20. The molecule has 0 aromatic carbocycles. The molecule has 2 rings (SSSR count). The van der Waals surface area contributed by atoms with E-state index < -0.39 is 0 Å². The lowest BCUT2D eigenvalue weighted by molar-refractivity contribution is 0.653. The van der Waals surface area contributed by atoms with Gasteiger partial charge >= 0.3 is 0 Å². The molecular formula is C10H11ClN4. The Morgan fingerprint density at radius 2 is 2.33 bits per heavy atom. The Labute approximate surface area is 92.7 Å². The molecule has 0 saturated carbocycles. The second kappa shape index (κ2) is 3.90. The van der Waals surface area contributed by atoms with Crippen LogP contribution in [0, 0.1) is 6.92 Å². The van der Waals surface area contributed by atoms with Crippen molar-refractivity contribution in [2.45, 2.75) is 13.5 Å². The van der Waals surface area contributed by atoms with Crippen LogP contribution in [-0.2, 0) is 6.54 Å². The standard InChI is InChI=1S/C10H11ClN4/c1-7-10(11)5-14-15(7)6-9-4-8(12)2-3-13-9/h2-5H,6H2,1H3,(H2,12,13). The molecular weight excluding hydrogens is 212 g/mol. The first-order chi connectivity index (χ1) is 7.16. The summed E-state index contributed by atoms with van der Waals surface area (Å²) < 4.78 is 1.80. The van der Waals surface area contributed by atoms with Gasteiger partial charge in [-0.25, -0.2) is 0 Å². The smallest absolute Gasteiger partial charge is 0.0835 e. The monoisotopic (exact) mass is 222 g/mol. The van der Waals surface area contributed by atoms with Gasteiger partial charge in [0.2, 0.25) is 0 Å². The molecule has 0 amide bonds. The molecule has 0 aliphatic heterocycles. The van der Waals surface area contributed by atoms with E-state index in [1.165, 1.54) is 0 Å². The van der Waals surface area contributed by atoms with Crippen LogP contribution in [0.3, 0.4) is 0 Å². The minimum absolute atomic E-state index is 0.587. The third kappa shape index (κ3) is 2.10. The SMILES string of the molecule is Cc1c(Cl)cnn1Cc1cc(N)ccn1. The Hall–Kier alpha value is -1.55. The Bertz CT molecular complexity index is 478. The van der Waals surface area contributed by atoms with Crippen molar-refractivity contribution in [2.75, 3.05) is 5.73 Å². The third-order valence-corrected chi connectivity index (χ3v) is 2.57. The molecule has 2 heterocycles. The fourth-order valence-electron chi connectivity index (χ4n) is 1.32. The van der Waals surface area contributed by atoms with Crippen LogP contribution < -0.4 is 5.73 Å².